The van der Waals surface area contributed by atoms with Crippen molar-refractivity contribution in [3.8, 4) is 17.2 Å². The van der Waals surface area contributed by atoms with Gasteiger partial charge in [-0.05, 0) is 48.0 Å². The molecule has 0 heterocycles. The molecular weight excluding hydrogens is 509 g/mol. The predicted octanol–water partition coefficient (Wildman–Crippen LogP) is 4.29. The van der Waals surface area contributed by atoms with Crippen LogP contribution in [0.2, 0.25) is 10.0 Å². The Morgan fingerprint density at radius 1 is 1.03 bits per heavy atom. The van der Waals surface area contributed by atoms with Crippen molar-refractivity contribution >= 4 is 50.6 Å². The zero-order valence-corrected chi connectivity index (χ0v) is 19.7. The number of carboxylic acids is 1. The number of hydrogen-bond donors (Lipinski definition) is 3. The molecule has 0 aliphatic heterocycles. The molecule has 0 atom stereocenters. The molecule has 0 unspecified atom stereocenters. The van der Waals surface area contributed by atoms with Crippen LogP contribution in [-0.4, -0.2) is 42.0 Å². The van der Waals surface area contributed by atoms with E-state index in [4.69, 9.17) is 33.0 Å². The Morgan fingerprint density at radius 3 is 2.26 bits per heavy atom. The van der Waals surface area contributed by atoms with Crippen molar-refractivity contribution in [3.63, 3.8) is 0 Å². The second-order valence-corrected chi connectivity index (χ2v) is 9.92. The summed E-state index contributed by atoms with van der Waals surface area (Å²) in [4.78, 5) is 22.6. The Hall–Kier alpha value is -3.31. The fourth-order valence-electron chi connectivity index (χ4n) is 2.94. The Kier molecular flexibility index (Phi) is 7.37. The molecule has 9 nitrogen and oxygen atoms in total. The van der Waals surface area contributed by atoms with Gasteiger partial charge in [-0.3, -0.25) is 10.0 Å². The number of aromatic hydroxyl groups is 1. The first-order chi connectivity index (χ1) is 15.9. The van der Waals surface area contributed by atoms with Crippen molar-refractivity contribution < 1.29 is 38.2 Å². The molecule has 3 aromatic rings. The summed E-state index contributed by atoms with van der Waals surface area (Å²) >= 11 is 12.3. The fourth-order valence-corrected chi connectivity index (χ4v) is 4.10. The Balaban J connectivity index is 1.90. The number of hydrogen-bond acceptors (Lipinski definition) is 7. The van der Waals surface area contributed by atoms with Gasteiger partial charge in [0.2, 0.25) is 0 Å². The maximum absolute atomic E-state index is 11.6. The van der Waals surface area contributed by atoms with Crippen molar-refractivity contribution in [1.29, 1.82) is 0 Å². The van der Waals surface area contributed by atoms with Gasteiger partial charge in [0.05, 0.1) is 15.6 Å². The average molecular weight is 526 g/mol. The number of benzene rings is 3. The first-order valence-corrected chi connectivity index (χ1v) is 12.1. The molecule has 0 aromatic heterocycles. The monoisotopic (exact) mass is 525 g/mol. The number of carbonyl (C=O) groups excluding carboxylic acids is 1. The lowest BCUT2D eigenvalue weighted by Gasteiger charge is -2.18. The maximum atomic E-state index is 11.6. The smallest absolute Gasteiger partial charge is 0.397 e. The van der Waals surface area contributed by atoms with E-state index in [0.717, 1.165) is 17.9 Å². The minimum absolute atomic E-state index is 0.0101. The van der Waals surface area contributed by atoms with Crippen LogP contribution in [-0.2, 0) is 25.8 Å². The van der Waals surface area contributed by atoms with Crippen LogP contribution < -0.4 is 9.80 Å². The van der Waals surface area contributed by atoms with Gasteiger partial charge in [-0.15, -0.1) is 0 Å². The normalized spacial score (nSPS) is 11.2. The molecule has 0 fully saturated rings. The van der Waals surface area contributed by atoms with Crippen molar-refractivity contribution in [1.82, 2.24) is 0 Å². The molecule has 0 spiro atoms. The zero-order chi connectivity index (χ0) is 25.2. The summed E-state index contributed by atoms with van der Waals surface area (Å²) in [6.07, 6.45) is 1.35. The van der Waals surface area contributed by atoms with Crippen LogP contribution in [0.1, 0.15) is 11.1 Å². The number of carbonyl (C=O) groups is 2. The number of hydroxylamine groups is 1. The van der Waals surface area contributed by atoms with Crippen LogP contribution in [0, 0.1) is 0 Å². The molecule has 1 amide bonds. The Morgan fingerprint density at radius 2 is 1.68 bits per heavy atom. The number of phenols is 1. The van der Waals surface area contributed by atoms with E-state index >= 15 is 0 Å². The summed E-state index contributed by atoms with van der Waals surface area (Å²) in [6, 6.07) is 12.8. The van der Waals surface area contributed by atoms with Crippen molar-refractivity contribution in [2.45, 2.75) is 11.3 Å². The molecule has 0 radical (unpaired) electrons. The van der Waals surface area contributed by atoms with E-state index in [2.05, 4.69) is 0 Å². The van der Waals surface area contributed by atoms with Crippen LogP contribution in [0.5, 0.6) is 17.2 Å². The molecule has 12 heteroatoms. The van der Waals surface area contributed by atoms with E-state index in [1.165, 1.54) is 36.4 Å². The third kappa shape index (κ3) is 5.60. The van der Waals surface area contributed by atoms with Crippen LogP contribution in [0.15, 0.2) is 59.5 Å². The summed E-state index contributed by atoms with van der Waals surface area (Å²) in [5.41, 5.74) is 0.803. The van der Waals surface area contributed by atoms with E-state index in [1.54, 1.807) is 12.1 Å². The van der Waals surface area contributed by atoms with Crippen LogP contribution in [0.3, 0.4) is 0 Å². The van der Waals surface area contributed by atoms with E-state index < -0.39 is 21.7 Å². The summed E-state index contributed by atoms with van der Waals surface area (Å²) < 4.78 is 29.0. The van der Waals surface area contributed by atoms with Gasteiger partial charge in [0.15, 0.2) is 15.6 Å². The van der Waals surface area contributed by atoms with Gasteiger partial charge in [0, 0.05) is 18.2 Å². The quantitative estimate of drug-likeness (QED) is 0.245. The molecule has 3 N–H and O–H groups in total. The average Bonchev–Trinajstić information content (AvgIpc) is 2.77. The maximum Gasteiger partial charge on any atom is 0.397 e. The number of sulfone groups is 1. The number of rotatable bonds is 6. The molecule has 0 aliphatic carbocycles. The molecular formula is C22H17Cl2NO8S. The van der Waals surface area contributed by atoms with Crippen molar-refractivity contribution in [2.24, 2.45) is 0 Å². The van der Waals surface area contributed by atoms with Gasteiger partial charge in [0.25, 0.3) is 0 Å². The van der Waals surface area contributed by atoms with Gasteiger partial charge in [0.1, 0.15) is 16.5 Å². The first-order valence-electron chi connectivity index (χ1n) is 9.41. The molecule has 178 valence electrons. The number of carboxylic acid groups (broad SMARTS) is 1. The van der Waals surface area contributed by atoms with Gasteiger partial charge >= 0.3 is 11.9 Å². The molecule has 0 bridgehead atoms. The van der Waals surface area contributed by atoms with E-state index in [-0.39, 0.29) is 49.4 Å². The number of amides is 1. The summed E-state index contributed by atoms with van der Waals surface area (Å²) in [5.74, 6) is -3.55. The number of anilines is 1. The number of phenolic OH excluding ortho intramolecular Hbond substituents is 1. The fraction of sp³-hybridized carbons (Fsp3) is 0.0909. The minimum atomic E-state index is -3.34. The number of nitrogens with zero attached hydrogens (tertiary/aromatic N) is 1. The minimum Gasteiger partial charge on any atom is -0.508 e. The summed E-state index contributed by atoms with van der Waals surface area (Å²) in [6.45, 7) is 0. The van der Waals surface area contributed by atoms with E-state index in [1.807, 2.05) is 0 Å². The van der Waals surface area contributed by atoms with Crippen LogP contribution in [0.25, 0.3) is 0 Å². The van der Waals surface area contributed by atoms with Crippen LogP contribution >= 0.6 is 23.2 Å². The van der Waals surface area contributed by atoms with Gasteiger partial charge in [-0.25, -0.2) is 13.2 Å². The van der Waals surface area contributed by atoms with Gasteiger partial charge in [-0.1, -0.05) is 35.3 Å². The van der Waals surface area contributed by atoms with Crippen LogP contribution in [0.4, 0.5) is 5.69 Å². The van der Waals surface area contributed by atoms with Crippen molar-refractivity contribution in [2.75, 3.05) is 11.3 Å². The number of halogens is 2. The largest absolute Gasteiger partial charge is 0.508 e. The Bertz CT molecular complexity index is 1370. The zero-order valence-electron chi connectivity index (χ0n) is 17.4. The summed E-state index contributed by atoms with van der Waals surface area (Å²) in [7, 11) is -3.34. The number of ether oxygens (including phenoxy) is 1. The van der Waals surface area contributed by atoms with Gasteiger partial charge in [-0.2, -0.15) is 5.06 Å². The van der Waals surface area contributed by atoms with Gasteiger partial charge < -0.3 is 14.9 Å². The highest BCUT2D eigenvalue weighted by atomic mass is 35.5. The number of aliphatic carboxylic acids is 1. The second kappa shape index (κ2) is 9.90. The highest BCUT2D eigenvalue weighted by Crippen LogP contribution is 2.42. The lowest BCUT2D eigenvalue weighted by molar-refractivity contribution is -0.151. The molecule has 0 aliphatic rings. The second-order valence-electron chi connectivity index (χ2n) is 7.12. The standard InChI is InChI=1S/C22H17Cl2NO8S/c1-34(31,32)15-5-2-12(3-6-15)10-13-11-14(4-9-18(13)26)33-20-16(23)7-8-17(19(20)24)25(30)21(27)22(28)29/h2-9,11,26,30H,10H2,1H3,(H,28,29). The lowest BCUT2D eigenvalue weighted by atomic mass is 10.0. The summed E-state index contributed by atoms with van der Waals surface area (Å²) in [5, 5.41) is 28.5. The SMILES string of the molecule is CS(=O)(=O)c1ccc(Cc2cc(Oc3c(Cl)ccc(N(O)C(=O)C(=O)O)c3Cl)ccc2O)cc1. The topological polar surface area (TPSA) is 141 Å². The van der Waals surface area contributed by atoms with E-state index in [9.17, 15) is 28.3 Å². The highest BCUT2D eigenvalue weighted by Gasteiger charge is 2.26. The highest BCUT2D eigenvalue weighted by molar-refractivity contribution is 7.90. The van der Waals surface area contributed by atoms with E-state index in [0.29, 0.717) is 5.56 Å². The molecule has 34 heavy (non-hydrogen) atoms. The first kappa shape index (κ1) is 25.3. The molecule has 0 saturated heterocycles. The predicted molar refractivity (Wildman–Crippen MR) is 124 cm³/mol. The lowest BCUT2D eigenvalue weighted by Crippen LogP contribution is -2.33. The molecule has 0 saturated carbocycles. The van der Waals surface area contributed by atoms with Crippen molar-refractivity contribution in [3.05, 3.63) is 75.8 Å². The Labute approximate surface area is 204 Å². The molecule has 3 aromatic carbocycles. The third-order valence-corrected chi connectivity index (χ3v) is 6.44. The molecule has 3 rings (SSSR count). The third-order valence-electron chi connectivity index (χ3n) is 4.65.